The van der Waals surface area contributed by atoms with Gasteiger partial charge < -0.3 is 10.5 Å². The third-order valence-electron chi connectivity index (χ3n) is 4.12. The monoisotopic (exact) mass is 334 g/mol. The zero-order valence-corrected chi connectivity index (χ0v) is 14.3. The lowest BCUT2D eigenvalue weighted by Crippen LogP contribution is -2.60. The van der Waals surface area contributed by atoms with Crippen LogP contribution in [0, 0.1) is 17.4 Å². The Morgan fingerprint density at radius 3 is 2.58 bits per heavy atom. The molecule has 0 aromatic carbocycles. The summed E-state index contributed by atoms with van der Waals surface area (Å²) in [6.45, 7) is 7.73. The molecule has 24 heavy (non-hydrogen) atoms. The molecule has 1 aliphatic heterocycles. The third-order valence-corrected chi connectivity index (χ3v) is 4.12. The Morgan fingerprint density at radius 1 is 1.42 bits per heavy atom. The molecule has 0 atom stereocenters. The quantitative estimate of drug-likeness (QED) is 0.253. The minimum atomic E-state index is -0.671. The third kappa shape index (κ3) is 3.99. The second kappa shape index (κ2) is 6.71. The molecule has 8 heteroatoms. The SMILES string of the molecule is CC1(C)CC(N=C(NC#N)Nc2cccnc2F)CC(C)(C)N1O. The van der Waals surface area contributed by atoms with Gasteiger partial charge in [-0.1, -0.05) is 0 Å². The van der Waals surface area contributed by atoms with Crippen LogP contribution in [0.15, 0.2) is 23.3 Å². The van der Waals surface area contributed by atoms with Crippen molar-refractivity contribution in [3.8, 4) is 6.19 Å². The maximum atomic E-state index is 13.7. The van der Waals surface area contributed by atoms with Gasteiger partial charge in [-0.2, -0.15) is 14.7 Å². The summed E-state index contributed by atoms with van der Waals surface area (Å²) in [6.07, 6.45) is 4.34. The van der Waals surface area contributed by atoms with Crippen molar-refractivity contribution in [3.05, 3.63) is 24.3 Å². The number of piperidine rings is 1. The molecule has 0 aliphatic carbocycles. The summed E-state index contributed by atoms with van der Waals surface area (Å²) in [5, 5.41) is 25.8. The van der Waals surface area contributed by atoms with Gasteiger partial charge in [0.05, 0.1) is 11.7 Å². The molecule has 1 aliphatic rings. The number of nitrogens with zero attached hydrogens (tertiary/aromatic N) is 4. The molecule has 0 bridgehead atoms. The van der Waals surface area contributed by atoms with Crippen LogP contribution in [-0.4, -0.2) is 38.3 Å². The highest BCUT2D eigenvalue weighted by Crippen LogP contribution is 2.37. The Hall–Kier alpha value is -2.24. The fraction of sp³-hybridized carbons (Fsp3) is 0.562. The number of guanidine groups is 1. The van der Waals surface area contributed by atoms with E-state index in [4.69, 9.17) is 5.26 Å². The van der Waals surface area contributed by atoms with Crippen LogP contribution in [0.25, 0.3) is 0 Å². The highest BCUT2D eigenvalue weighted by molar-refractivity contribution is 5.94. The molecule has 130 valence electrons. The van der Waals surface area contributed by atoms with E-state index in [0.29, 0.717) is 12.8 Å². The highest BCUT2D eigenvalue weighted by Gasteiger charge is 2.45. The number of nitrogens with one attached hydrogen (secondary N) is 2. The molecule has 3 N–H and O–H groups in total. The summed E-state index contributed by atoms with van der Waals surface area (Å²) in [5.74, 6) is -0.511. The van der Waals surface area contributed by atoms with Crippen LogP contribution in [0.2, 0.25) is 0 Å². The topological polar surface area (TPSA) is 96.6 Å². The van der Waals surface area contributed by atoms with E-state index in [2.05, 4.69) is 20.6 Å². The molecule has 1 saturated heterocycles. The predicted molar refractivity (Wildman–Crippen MR) is 88.8 cm³/mol. The summed E-state index contributed by atoms with van der Waals surface area (Å²) in [6, 6.07) is 2.97. The standard InChI is InChI=1S/C16H23FN6O/c1-15(2)8-11(9-16(3,4)23(15)24)21-14(20-10-18)22-12-6-5-7-19-13(12)17/h5-7,11,24H,8-9H2,1-4H3,(H2,20,21,22). The van der Waals surface area contributed by atoms with Crippen molar-refractivity contribution in [2.45, 2.75) is 57.7 Å². The average Bonchev–Trinajstić information content (AvgIpc) is 2.47. The minimum absolute atomic E-state index is 0.136. The first-order valence-electron chi connectivity index (χ1n) is 7.75. The van der Waals surface area contributed by atoms with Gasteiger partial charge in [-0.25, -0.2) is 9.98 Å². The smallest absolute Gasteiger partial charge is 0.236 e. The number of rotatable bonds is 2. The Bertz CT molecular complexity index is 649. The second-order valence-electron chi connectivity index (χ2n) is 7.18. The molecule has 2 rings (SSSR count). The van der Waals surface area contributed by atoms with Crippen LogP contribution in [0.3, 0.4) is 0 Å². The number of aromatic nitrogens is 1. The zero-order valence-electron chi connectivity index (χ0n) is 14.3. The van der Waals surface area contributed by atoms with E-state index < -0.39 is 17.0 Å². The molecule has 0 amide bonds. The fourth-order valence-corrected chi connectivity index (χ4v) is 3.25. The van der Waals surface area contributed by atoms with Gasteiger partial charge in [-0.3, -0.25) is 5.32 Å². The number of anilines is 1. The average molecular weight is 334 g/mol. The van der Waals surface area contributed by atoms with Crippen molar-refractivity contribution in [2.24, 2.45) is 4.99 Å². The van der Waals surface area contributed by atoms with Gasteiger partial charge in [-0.15, -0.1) is 0 Å². The summed E-state index contributed by atoms with van der Waals surface area (Å²) >= 11 is 0. The first-order valence-corrected chi connectivity index (χ1v) is 7.75. The lowest BCUT2D eigenvalue weighted by Gasteiger charge is -2.50. The summed E-state index contributed by atoms with van der Waals surface area (Å²) in [4.78, 5) is 8.09. The summed E-state index contributed by atoms with van der Waals surface area (Å²) in [7, 11) is 0. The molecular formula is C16H23FN6O. The predicted octanol–water partition coefficient (Wildman–Crippen LogP) is 2.47. The van der Waals surface area contributed by atoms with E-state index in [0.717, 1.165) is 0 Å². The van der Waals surface area contributed by atoms with Crippen LogP contribution in [0.1, 0.15) is 40.5 Å². The minimum Gasteiger partial charge on any atom is -0.322 e. The number of hydrogen-bond acceptors (Lipinski definition) is 5. The number of hydrogen-bond donors (Lipinski definition) is 3. The van der Waals surface area contributed by atoms with Gasteiger partial charge in [0.1, 0.15) is 0 Å². The van der Waals surface area contributed by atoms with Gasteiger partial charge in [0, 0.05) is 17.3 Å². The number of aliphatic imine (C=N–C) groups is 1. The molecule has 0 spiro atoms. The van der Waals surface area contributed by atoms with Gasteiger partial charge in [0.25, 0.3) is 0 Å². The number of pyridine rings is 1. The summed E-state index contributed by atoms with van der Waals surface area (Å²) in [5.41, 5.74) is -0.794. The molecule has 7 nitrogen and oxygen atoms in total. The lowest BCUT2D eigenvalue weighted by atomic mass is 9.79. The fourth-order valence-electron chi connectivity index (χ4n) is 3.25. The molecule has 1 aromatic rings. The van der Waals surface area contributed by atoms with Gasteiger partial charge >= 0.3 is 0 Å². The molecule has 0 radical (unpaired) electrons. The van der Waals surface area contributed by atoms with Crippen LogP contribution < -0.4 is 10.6 Å². The number of halogens is 1. The van der Waals surface area contributed by atoms with E-state index in [1.165, 1.54) is 17.3 Å². The maximum absolute atomic E-state index is 13.7. The summed E-state index contributed by atoms with van der Waals surface area (Å²) < 4.78 is 13.7. The highest BCUT2D eigenvalue weighted by atomic mass is 19.1. The Balaban J connectivity index is 2.24. The van der Waals surface area contributed by atoms with Gasteiger partial charge in [-0.05, 0) is 52.7 Å². The normalized spacial score (nSPS) is 21.1. The molecule has 2 heterocycles. The molecule has 0 unspecified atom stereocenters. The second-order valence-corrected chi connectivity index (χ2v) is 7.18. The molecule has 0 saturated carbocycles. The van der Waals surface area contributed by atoms with Gasteiger partial charge in [0.15, 0.2) is 6.19 Å². The van der Waals surface area contributed by atoms with Crippen molar-refractivity contribution in [1.82, 2.24) is 15.4 Å². The molecule has 1 fully saturated rings. The van der Waals surface area contributed by atoms with E-state index in [1.54, 1.807) is 12.3 Å². The van der Waals surface area contributed by atoms with E-state index in [-0.39, 0.29) is 17.7 Å². The number of nitriles is 1. The van der Waals surface area contributed by atoms with Crippen molar-refractivity contribution >= 4 is 11.6 Å². The Morgan fingerprint density at radius 2 is 2.04 bits per heavy atom. The zero-order chi connectivity index (χ0) is 18.0. The first-order chi connectivity index (χ1) is 11.2. The molecule has 1 aromatic heterocycles. The molecular weight excluding hydrogens is 311 g/mol. The number of hydroxylamine groups is 2. The van der Waals surface area contributed by atoms with Crippen molar-refractivity contribution in [1.29, 1.82) is 5.26 Å². The maximum Gasteiger partial charge on any atom is 0.236 e. The van der Waals surface area contributed by atoms with Crippen LogP contribution >= 0.6 is 0 Å². The van der Waals surface area contributed by atoms with E-state index in [9.17, 15) is 9.60 Å². The van der Waals surface area contributed by atoms with Crippen LogP contribution in [0.4, 0.5) is 10.1 Å². The van der Waals surface area contributed by atoms with E-state index >= 15 is 0 Å². The Labute approximate surface area is 141 Å². The van der Waals surface area contributed by atoms with Crippen molar-refractivity contribution < 1.29 is 9.60 Å². The lowest BCUT2D eigenvalue weighted by molar-refractivity contribution is -0.244. The first kappa shape index (κ1) is 18.1. The Kier molecular flexibility index (Phi) is 5.06. The van der Waals surface area contributed by atoms with Crippen LogP contribution in [0.5, 0.6) is 0 Å². The van der Waals surface area contributed by atoms with Crippen molar-refractivity contribution in [2.75, 3.05) is 5.32 Å². The van der Waals surface area contributed by atoms with E-state index in [1.807, 2.05) is 27.7 Å². The van der Waals surface area contributed by atoms with Gasteiger partial charge in [0.2, 0.25) is 11.9 Å². The van der Waals surface area contributed by atoms with Crippen LogP contribution in [-0.2, 0) is 0 Å². The largest absolute Gasteiger partial charge is 0.322 e. The van der Waals surface area contributed by atoms with Crippen molar-refractivity contribution in [3.63, 3.8) is 0 Å².